The molecular formula is C59H80Cs2IN11O11S2. The van der Waals surface area contributed by atoms with Crippen LogP contribution in [0.2, 0.25) is 0 Å². The first-order chi connectivity index (χ1) is 40.1. The minimum atomic E-state index is -3.73. The molecule has 458 valence electrons. The van der Waals surface area contributed by atoms with E-state index in [1.165, 1.54) is 19.9 Å². The van der Waals surface area contributed by atoms with Gasteiger partial charge in [-0.15, -0.1) is 0 Å². The Labute approximate surface area is 638 Å². The van der Waals surface area contributed by atoms with Gasteiger partial charge in [0.15, 0.2) is 26.9 Å². The maximum absolute atomic E-state index is 13.4. The predicted octanol–water partition coefficient (Wildman–Crippen LogP) is 0.479. The van der Waals surface area contributed by atoms with Crippen LogP contribution in [0, 0.1) is 0 Å². The van der Waals surface area contributed by atoms with E-state index in [1.807, 2.05) is 81.0 Å². The Bertz CT molecular complexity index is 3430. The van der Waals surface area contributed by atoms with Gasteiger partial charge in [-0.3, -0.25) is 24.2 Å². The maximum Gasteiger partial charge on any atom is 1.00 e. The third-order valence-electron chi connectivity index (χ3n) is 16.7. The number of carbonyl (C=O) groups excluding carboxylic acids is 3. The third kappa shape index (κ3) is 18.0. The largest absolute Gasteiger partial charge is 1.00 e. The van der Waals surface area contributed by atoms with Crippen molar-refractivity contribution in [2.24, 2.45) is 0 Å². The van der Waals surface area contributed by atoms with Gasteiger partial charge in [0.25, 0.3) is 12.4 Å². The van der Waals surface area contributed by atoms with Crippen LogP contribution in [0.4, 0.5) is 11.4 Å². The fourth-order valence-electron chi connectivity index (χ4n) is 11.9. The van der Waals surface area contributed by atoms with Gasteiger partial charge in [-0.25, -0.2) is 40.5 Å². The van der Waals surface area contributed by atoms with Crippen LogP contribution in [0.3, 0.4) is 0 Å². The Morgan fingerprint density at radius 3 is 1.36 bits per heavy atom. The minimum Gasteiger partial charge on any atom is -1.00 e. The number of fused-ring (bicyclic) bond motifs is 2. The number of ether oxygens (including phenoxy) is 2. The van der Waals surface area contributed by atoms with Gasteiger partial charge in [-0.1, -0.05) is 79.3 Å². The number of piperidine rings is 2. The van der Waals surface area contributed by atoms with Crippen LogP contribution in [0.1, 0.15) is 117 Å². The van der Waals surface area contributed by atoms with E-state index in [0.717, 1.165) is 192 Å². The van der Waals surface area contributed by atoms with Gasteiger partial charge in [0, 0.05) is 89.6 Å². The molecule has 1 amide bonds. The standard InChI is InChI=1S/C28H36N6O4S.C28H35N5O4S.CH3I.CH2O3.CH4.2Cs.H/c1-31(39(2,36)37)28(35)23-19-24(33-13-11-21(12-14-33)32-15-17-38-18-16-32)25-26(20-7-6-8-20)30-34(27(25)29-23)22-9-4-3-5-10-22;1-38(35,36)19-25(34)23-18-24(32-12-10-21(11-13-32)31-14-16-37-17-15-31)26-27(20-6-5-7-20)30-33(28(26)29-23)22-8-3-2-4-9-22;1-2;2-1-4-3;;;;/h3-5,9-10,19-21H,6-8,11-18H2,1-2H3;2-4,8-9,18,20-21H,5-7,10-17,19H2,1H3;1H3;1,3H;1H4;;;/q;;;;;2*+1;-1/p-1. The topological polar surface area (TPSA) is 248 Å². The Hall–Kier alpha value is -1.58. The summed E-state index contributed by atoms with van der Waals surface area (Å²) < 4.78 is 64.0. The maximum atomic E-state index is 13.4. The van der Waals surface area contributed by atoms with Crippen LogP contribution in [-0.2, 0) is 39.0 Å². The molecule has 0 radical (unpaired) electrons. The van der Waals surface area contributed by atoms with Crippen molar-refractivity contribution in [3.63, 3.8) is 0 Å². The summed E-state index contributed by atoms with van der Waals surface area (Å²) in [6.45, 7) is 10.3. The summed E-state index contributed by atoms with van der Waals surface area (Å²) in [7, 11) is -5.94. The number of hydrogen-bond acceptors (Lipinski definition) is 19. The molecule has 2 aromatic carbocycles. The number of halogens is 1. The number of para-hydroxylation sites is 2. The van der Waals surface area contributed by atoms with Crippen LogP contribution in [0.15, 0.2) is 72.8 Å². The number of benzene rings is 2. The Morgan fingerprint density at radius 2 is 1.02 bits per heavy atom. The Morgan fingerprint density at radius 1 is 0.651 bits per heavy atom. The zero-order valence-corrected chi connectivity index (χ0v) is 66.0. The first kappa shape index (κ1) is 73.5. The number of Topliss-reactive ketones (excluding diaryl/α,β-unsaturated/α-hetero) is 1. The van der Waals surface area contributed by atoms with E-state index in [2.05, 4.69) is 47.1 Å². The molecular weight excluding hydrogens is 1500 g/mol. The Balaban J connectivity index is 0.000000279. The summed E-state index contributed by atoms with van der Waals surface area (Å²) in [5, 5.41) is 20.6. The fraction of sp³-hybridized carbons (Fsp3) is 0.542. The molecule has 8 heterocycles. The molecule has 6 aliphatic rings. The van der Waals surface area contributed by atoms with Crippen molar-refractivity contribution in [3.8, 4) is 11.4 Å². The monoisotopic (exact) mass is 1580 g/mol. The molecule has 0 bridgehead atoms. The number of morpholine rings is 2. The van der Waals surface area contributed by atoms with Crippen molar-refractivity contribution in [2.75, 3.05) is 119 Å². The molecule has 6 aromatic rings. The number of anilines is 2. The van der Waals surface area contributed by atoms with Crippen molar-refractivity contribution in [1.82, 2.24) is 43.6 Å². The molecule has 4 aromatic heterocycles. The molecule has 0 unspecified atom stereocenters. The second-order valence-electron chi connectivity index (χ2n) is 21.9. The van der Waals surface area contributed by atoms with Crippen molar-refractivity contribution in [3.05, 3.63) is 95.6 Å². The molecule has 0 spiro atoms. The number of hydrogen-bond donors (Lipinski definition) is 0. The van der Waals surface area contributed by atoms with Gasteiger partial charge < -0.3 is 30.8 Å². The number of sulfone groups is 1. The number of sulfonamides is 1. The number of nitrogens with zero attached hydrogens (tertiary/aromatic N) is 11. The molecule has 12 rings (SSSR count). The average molecular weight is 1580 g/mol. The first-order valence-corrected chi connectivity index (χ1v) is 34.6. The van der Waals surface area contributed by atoms with Gasteiger partial charge in [-0.05, 0) is 92.7 Å². The number of ketones is 1. The summed E-state index contributed by atoms with van der Waals surface area (Å²) in [6.07, 6.45) is 12.9. The zero-order chi connectivity index (χ0) is 58.8. The molecule has 0 N–H and O–H groups in total. The van der Waals surface area contributed by atoms with Gasteiger partial charge in [0.2, 0.25) is 10.0 Å². The minimum absolute atomic E-state index is 0. The molecule has 2 aliphatic carbocycles. The van der Waals surface area contributed by atoms with E-state index in [1.54, 1.807) is 6.07 Å². The van der Waals surface area contributed by atoms with Crippen LogP contribution in [-0.4, -0.2) is 200 Å². The summed E-state index contributed by atoms with van der Waals surface area (Å²) in [6, 6.07) is 24.3. The quantitative estimate of drug-likeness (QED) is 0.0359. The van der Waals surface area contributed by atoms with Gasteiger partial charge in [0.1, 0.15) is 17.1 Å². The van der Waals surface area contributed by atoms with Crippen LogP contribution < -0.4 is 153 Å². The van der Waals surface area contributed by atoms with E-state index in [4.69, 9.17) is 39.7 Å². The molecule has 86 heavy (non-hydrogen) atoms. The molecule has 2 saturated carbocycles. The molecule has 4 aliphatic heterocycles. The van der Waals surface area contributed by atoms with E-state index in [9.17, 15) is 26.4 Å². The van der Waals surface area contributed by atoms with Crippen LogP contribution in [0.25, 0.3) is 33.4 Å². The first-order valence-electron chi connectivity index (χ1n) is 28.5. The predicted molar refractivity (Wildman–Crippen MR) is 332 cm³/mol. The number of alkyl halides is 1. The van der Waals surface area contributed by atoms with Gasteiger partial charge in [0.05, 0.1) is 77.6 Å². The number of carbonyl (C=O) groups is 3. The molecule has 27 heteroatoms. The van der Waals surface area contributed by atoms with E-state index >= 15 is 0 Å². The number of aromatic nitrogens is 6. The fourth-order valence-corrected chi connectivity index (χ4v) is 12.9. The second-order valence-corrected chi connectivity index (χ2v) is 26.1. The molecule has 0 atom stereocenters. The van der Waals surface area contributed by atoms with Gasteiger partial charge in [-0.2, -0.15) is 10.2 Å². The third-order valence-corrected chi connectivity index (χ3v) is 18.7. The molecule has 6 fully saturated rings. The normalized spacial score (nSPS) is 18.2. The Kier molecular flexibility index (Phi) is 29.4. The zero-order valence-electron chi connectivity index (χ0n) is 50.7. The molecule has 4 saturated heterocycles. The summed E-state index contributed by atoms with van der Waals surface area (Å²) in [5.74, 6) is -0.964. The second kappa shape index (κ2) is 34.4. The summed E-state index contributed by atoms with van der Waals surface area (Å²) in [4.78, 5) is 59.1. The summed E-state index contributed by atoms with van der Waals surface area (Å²) in [5.41, 5.74) is 7.20. The van der Waals surface area contributed by atoms with Crippen molar-refractivity contribution < 1.29 is 190 Å². The number of pyridine rings is 2. The van der Waals surface area contributed by atoms with E-state index < -0.39 is 37.3 Å². The summed E-state index contributed by atoms with van der Waals surface area (Å²) >= 11 is 2.15. The smallest absolute Gasteiger partial charge is 1.00 e. The van der Waals surface area contributed by atoms with Crippen molar-refractivity contribution >= 4 is 94.1 Å². The van der Waals surface area contributed by atoms with Crippen LogP contribution >= 0.6 is 22.6 Å². The van der Waals surface area contributed by atoms with Crippen LogP contribution in [0.5, 0.6) is 0 Å². The van der Waals surface area contributed by atoms with E-state index in [-0.39, 0.29) is 165 Å². The van der Waals surface area contributed by atoms with Crippen molar-refractivity contribution in [2.45, 2.75) is 95.6 Å². The van der Waals surface area contributed by atoms with Crippen molar-refractivity contribution in [1.29, 1.82) is 0 Å². The number of rotatable bonds is 14. The molecule has 22 nitrogen and oxygen atoms in total. The van der Waals surface area contributed by atoms with Gasteiger partial charge >= 0.3 is 138 Å². The van der Waals surface area contributed by atoms with E-state index in [0.29, 0.717) is 35.2 Å². The average Bonchev–Trinajstić information content (AvgIpc) is 1.65. The SMILES string of the molecule is C.CI.CN(C(=O)c1cc(N2CCC(N3CCOCC3)CC2)c2c(C3CCC3)nn(-c3ccccc3)c2n1)S(C)(=O)=O.CS(=O)(=O)CC(=O)c1cc(N2CCC(N3CCOCC3)CC2)c2c(C3CCC3)nn(-c3ccccc3)c2n1.O=CO[O-].[Cs+].[Cs+].[H-]. The number of amides is 1.